The van der Waals surface area contributed by atoms with Crippen LogP contribution in [0.4, 0.5) is 24.7 Å². The molecule has 3 aliphatic rings. The number of carboxylic acids is 1. The largest absolute Gasteiger partial charge is 0.493 e. The summed E-state index contributed by atoms with van der Waals surface area (Å²) in [6.07, 6.45) is 0.590. The van der Waals surface area contributed by atoms with E-state index in [9.17, 15) is 23.8 Å². The predicted octanol–water partition coefficient (Wildman–Crippen LogP) is 8.56. The van der Waals surface area contributed by atoms with E-state index in [4.69, 9.17) is 32.7 Å². The fraction of sp³-hybridized carbons (Fsp3) is 0.366. The maximum atomic E-state index is 15.8. The van der Waals surface area contributed by atoms with Gasteiger partial charge in [-0.3, -0.25) is 20.0 Å². The van der Waals surface area contributed by atoms with Crippen LogP contribution < -0.4 is 20.1 Å². The second kappa shape index (κ2) is 15.9. The Bertz CT molecular complexity index is 2370. The van der Waals surface area contributed by atoms with E-state index in [-0.39, 0.29) is 46.6 Å². The number of ether oxygens (including phenoxy) is 2. The number of aliphatic carboxylic acids is 1. The molecule has 8 rings (SSSR count). The molecule has 2 fully saturated rings. The number of nitrogens with one attached hydrogen (secondary N) is 2. The summed E-state index contributed by atoms with van der Waals surface area (Å²) in [6, 6.07) is 14.4. The molecule has 2 unspecified atom stereocenters. The lowest BCUT2D eigenvalue weighted by atomic mass is 9.96. The van der Waals surface area contributed by atoms with Crippen molar-refractivity contribution in [3.8, 4) is 22.6 Å². The summed E-state index contributed by atoms with van der Waals surface area (Å²) in [5.41, 5.74) is 4.15. The zero-order valence-corrected chi connectivity index (χ0v) is 32.3. The third-order valence-electron chi connectivity index (χ3n) is 10.8. The molecular formula is C41H39Cl2F3N6O5. The van der Waals surface area contributed by atoms with Crippen molar-refractivity contribution in [2.75, 3.05) is 25.0 Å². The Hall–Kier alpha value is -4.73. The van der Waals surface area contributed by atoms with Crippen LogP contribution in [0.2, 0.25) is 10.0 Å². The third kappa shape index (κ3) is 7.81. The van der Waals surface area contributed by atoms with Crippen LogP contribution >= 0.6 is 23.2 Å². The van der Waals surface area contributed by atoms with Crippen LogP contribution in [0.3, 0.4) is 0 Å². The first kappa shape index (κ1) is 39.1. The third-order valence-corrected chi connectivity index (χ3v) is 11.5. The number of nitrogens with zero attached hydrogens (tertiary/aromatic N) is 4. The Morgan fingerprint density at radius 1 is 1.07 bits per heavy atom. The van der Waals surface area contributed by atoms with Gasteiger partial charge in [-0.1, -0.05) is 53.5 Å². The minimum atomic E-state index is -2.93. The summed E-state index contributed by atoms with van der Waals surface area (Å²) < 4.78 is 56.1. The van der Waals surface area contributed by atoms with Crippen molar-refractivity contribution in [3.63, 3.8) is 0 Å². The van der Waals surface area contributed by atoms with E-state index in [1.807, 2.05) is 24.3 Å². The number of hydrogen-bond donors (Lipinski definition) is 4. The number of pyridine rings is 1. The smallest absolute Gasteiger partial charge is 0.323 e. The molecule has 57 heavy (non-hydrogen) atoms. The van der Waals surface area contributed by atoms with Gasteiger partial charge in [-0.25, -0.2) is 23.1 Å². The van der Waals surface area contributed by atoms with Crippen molar-refractivity contribution in [2.24, 2.45) is 0 Å². The molecule has 0 bridgehead atoms. The van der Waals surface area contributed by atoms with E-state index in [0.29, 0.717) is 67.0 Å². The zero-order chi connectivity index (χ0) is 40.0. The van der Waals surface area contributed by atoms with Crippen LogP contribution in [0.5, 0.6) is 11.5 Å². The molecule has 3 heterocycles. The first-order valence-corrected chi connectivity index (χ1v) is 19.5. The fourth-order valence-electron chi connectivity index (χ4n) is 7.67. The van der Waals surface area contributed by atoms with Gasteiger partial charge in [0.15, 0.2) is 17.5 Å². The normalized spacial score (nSPS) is 18.6. The fourth-order valence-corrected chi connectivity index (χ4v) is 8.16. The quantitative estimate of drug-likeness (QED) is 0.0856. The molecule has 0 radical (unpaired) electrons. The average molecular weight is 824 g/mol. The van der Waals surface area contributed by atoms with Gasteiger partial charge in [0, 0.05) is 49.6 Å². The van der Waals surface area contributed by atoms with E-state index in [2.05, 4.69) is 30.5 Å². The summed E-state index contributed by atoms with van der Waals surface area (Å²) in [6.45, 7) is 3.67. The number of aromatic nitrogens is 3. The molecule has 0 amide bonds. The Morgan fingerprint density at radius 3 is 2.58 bits per heavy atom. The minimum absolute atomic E-state index is 0.0792. The van der Waals surface area contributed by atoms with Gasteiger partial charge in [0.05, 0.1) is 28.9 Å². The zero-order valence-electron chi connectivity index (χ0n) is 30.8. The van der Waals surface area contributed by atoms with Crippen LogP contribution in [0, 0.1) is 5.82 Å². The number of hydrogen-bond acceptors (Lipinski definition) is 10. The topological polar surface area (TPSA) is 142 Å². The van der Waals surface area contributed by atoms with Gasteiger partial charge in [0.25, 0.3) is 6.43 Å². The van der Waals surface area contributed by atoms with Gasteiger partial charge in [-0.2, -0.15) is 0 Å². The second-order valence-corrected chi connectivity index (χ2v) is 15.3. The minimum Gasteiger partial charge on any atom is -0.493 e. The van der Waals surface area contributed by atoms with Gasteiger partial charge in [0.2, 0.25) is 0 Å². The molecule has 2 atom stereocenters. The first-order chi connectivity index (χ1) is 27.4. The first-order valence-electron chi connectivity index (χ1n) is 18.8. The highest BCUT2D eigenvalue weighted by Gasteiger charge is 2.50. The number of carbonyl (C=O) groups is 1. The Kier molecular flexibility index (Phi) is 10.9. The summed E-state index contributed by atoms with van der Waals surface area (Å²) in [5, 5.41) is 25.7. The van der Waals surface area contributed by atoms with E-state index >= 15 is 4.39 Å². The molecule has 298 valence electrons. The van der Waals surface area contributed by atoms with Crippen LogP contribution in [0.15, 0.2) is 54.7 Å². The highest BCUT2D eigenvalue weighted by atomic mass is 35.5. The van der Waals surface area contributed by atoms with Crippen molar-refractivity contribution in [1.82, 2.24) is 25.2 Å². The Labute approximate surface area is 336 Å². The van der Waals surface area contributed by atoms with E-state index in [1.54, 1.807) is 37.4 Å². The number of benzene rings is 3. The molecule has 1 saturated carbocycles. The molecule has 0 spiro atoms. The van der Waals surface area contributed by atoms with Crippen LogP contribution in [-0.4, -0.2) is 67.4 Å². The standard InChI is InChI=1S/C41H39Cl2F3N6O5/c1-2-56-31-16-32(34(43)35(44)27(31)18-48-41(12-13-41)40(54)55)57-30-10-9-24-23(5-3-6-25(24)30)26-7-4-8-28(33(26)42)49-38-36-29(50-39(51-38)37(45)46)15-21(17-47-36)19-52-14-11-22(53)20-52/h3-8,15-17,22,30,37,48,53H,2,9-14,18-20H2,1H3,(H,54,55)(H,49,50,51). The molecule has 5 aromatic rings. The van der Waals surface area contributed by atoms with E-state index < -0.39 is 41.8 Å². The van der Waals surface area contributed by atoms with Crippen molar-refractivity contribution in [2.45, 2.75) is 76.3 Å². The predicted molar refractivity (Wildman–Crippen MR) is 209 cm³/mol. The lowest BCUT2D eigenvalue weighted by Gasteiger charge is -2.21. The molecule has 1 saturated heterocycles. The van der Waals surface area contributed by atoms with Gasteiger partial charge in [-0.15, -0.1) is 0 Å². The Balaban J connectivity index is 1.06. The SMILES string of the molecule is CCOc1cc(OC2CCc3c(-c4cccc(Nc5nc(C(F)F)nc6cc(CN7CCC(O)C7)cnc56)c4Cl)cccc32)c(Cl)c(F)c1CNC1(C(=O)O)CC1. The number of β-amino-alcohol motifs (C(OH)–C–C–N with tert-alkyl or cyclic N) is 1. The Morgan fingerprint density at radius 2 is 1.86 bits per heavy atom. The molecule has 16 heteroatoms. The van der Waals surface area contributed by atoms with E-state index in [1.165, 1.54) is 0 Å². The molecule has 3 aromatic carbocycles. The maximum Gasteiger partial charge on any atom is 0.323 e. The summed E-state index contributed by atoms with van der Waals surface area (Å²) >= 11 is 13.6. The van der Waals surface area contributed by atoms with Gasteiger partial charge in [-0.05, 0) is 73.4 Å². The summed E-state index contributed by atoms with van der Waals surface area (Å²) in [5.74, 6) is -1.99. The number of halogens is 5. The highest BCUT2D eigenvalue weighted by Crippen LogP contribution is 2.46. The van der Waals surface area contributed by atoms with Crippen molar-refractivity contribution >= 4 is 51.7 Å². The molecule has 1 aliphatic heterocycles. The van der Waals surface area contributed by atoms with Crippen molar-refractivity contribution in [3.05, 3.63) is 98.7 Å². The van der Waals surface area contributed by atoms with Crippen molar-refractivity contribution < 1.29 is 37.7 Å². The van der Waals surface area contributed by atoms with Crippen LogP contribution in [0.1, 0.15) is 73.2 Å². The van der Waals surface area contributed by atoms with Crippen molar-refractivity contribution in [1.29, 1.82) is 0 Å². The lowest BCUT2D eigenvalue weighted by Crippen LogP contribution is -2.38. The van der Waals surface area contributed by atoms with E-state index in [0.717, 1.165) is 28.8 Å². The number of fused-ring (bicyclic) bond motifs is 2. The number of likely N-dealkylation sites (tertiary alicyclic amines) is 1. The number of rotatable bonds is 14. The number of aliphatic hydroxyl groups excluding tert-OH is 1. The number of aliphatic hydroxyl groups is 1. The van der Waals surface area contributed by atoms with Crippen LogP contribution in [0.25, 0.3) is 22.2 Å². The van der Waals surface area contributed by atoms with Crippen LogP contribution in [-0.2, 0) is 24.3 Å². The highest BCUT2D eigenvalue weighted by molar-refractivity contribution is 6.36. The molecular weight excluding hydrogens is 784 g/mol. The second-order valence-electron chi connectivity index (χ2n) is 14.6. The lowest BCUT2D eigenvalue weighted by molar-refractivity contribution is -0.140. The number of alkyl halides is 2. The molecule has 4 N–H and O–H groups in total. The monoisotopic (exact) mass is 822 g/mol. The molecule has 2 aliphatic carbocycles. The van der Waals surface area contributed by atoms with Gasteiger partial charge < -0.3 is 25.0 Å². The van der Waals surface area contributed by atoms with Gasteiger partial charge >= 0.3 is 5.97 Å². The van der Waals surface area contributed by atoms with Gasteiger partial charge in [0.1, 0.15) is 33.7 Å². The summed E-state index contributed by atoms with van der Waals surface area (Å²) in [7, 11) is 0. The summed E-state index contributed by atoms with van der Waals surface area (Å²) in [4.78, 5) is 26.6. The molecule has 2 aromatic heterocycles. The number of anilines is 2. The average Bonchev–Trinajstić information content (AvgIpc) is 3.72. The molecule has 11 nitrogen and oxygen atoms in total. The number of carboxylic acid groups (broad SMARTS) is 1. The maximum absolute atomic E-state index is 15.8.